The van der Waals surface area contributed by atoms with Crippen LogP contribution in [0.15, 0.2) is 30.3 Å². The van der Waals surface area contributed by atoms with Crippen LogP contribution < -0.4 is 10.1 Å². The molecule has 0 bridgehead atoms. The highest BCUT2D eigenvalue weighted by Gasteiger charge is 2.43. The van der Waals surface area contributed by atoms with E-state index in [2.05, 4.69) is 5.32 Å². The van der Waals surface area contributed by atoms with Gasteiger partial charge in [0, 0.05) is 22.6 Å². The Morgan fingerprint density at radius 1 is 1.03 bits per heavy atom. The predicted molar refractivity (Wildman–Crippen MR) is 108 cm³/mol. The molecule has 2 aromatic carbocycles. The third-order valence-electron chi connectivity index (χ3n) is 6.02. The summed E-state index contributed by atoms with van der Waals surface area (Å²) in [6, 6.07) is 6.86. The summed E-state index contributed by atoms with van der Waals surface area (Å²) in [5.41, 5.74) is -1.76. The summed E-state index contributed by atoms with van der Waals surface area (Å²) in [6.07, 6.45) is 1.29. The molecule has 1 heterocycles. The molecule has 1 amide bonds. The minimum absolute atomic E-state index is 0.0573. The van der Waals surface area contributed by atoms with Crippen molar-refractivity contribution in [1.82, 2.24) is 0 Å². The second-order valence-corrected chi connectivity index (χ2v) is 8.55. The van der Waals surface area contributed by atoms with Crippen LogP contribution in [0.1, 0.15) is 43.2 Å². The van der Waals surface area contributed by atoms with Crippen molar-refractivity contribution in [1.29, 1.82) is 0 Å². The highest BCUT2D eigenvalue weighted by Crippen LogP contribution is 2.43. The molecular formula is C22H22ClF2NO4. The van der Waals surface area contributed by atoms with Gasteiger partial charge < -0.3 is 20.3 Å². The maximum absolute atomic E-state index is 14.3. The summed E-state index contributed by atoms with van der Waals surface area (Å²) in [4.78, 5) is 11.5. The first-order chi connectivity index (χ1) is 14.2. The van der Waals surface area contributed by atoms with E-state index in [0.717, 1.165) is 6.07 Å². The average Bonchev–Trinajstić information content (AvgIpc) is 2.70. The van der Waals surface area contributed by atoms with Crippen molar-refractivity contribution < 1.29 is 28.5 Å². The van der Waals surface area contributed by atoms with Gasteiger partial charge in [0.25, 0.3) is 0 Å². The number of benzene rings is 2. The minimum Gasteiger partial charge on any atom is -0.490 e. The van der Waals surface area contributed by atoms with Crippen molar-refractivity contribution in [3.05, 3.63) is 58.1 Å². The van der Waals surface area contributed by atoms with Gasteiger partial charge in [-0.3, -0.25) is 4.79 Å². The molecule has 1 aliphatic heterocycles. The topological polar surface area (TPSA) is 78.8 Å². The normalized spacial score (nSPS) is 26.1. The molecule has 2 aliphatic rings. The summed E-state index contributed by atoms with van der Waals surface area (Å²) in [7, 11) is 0. The predicted octanol–water partition coefficient (Wildman–Crippen LogP) is 4.07. The van der Waals surface area contributed by atoms with Gasteiger partial charge in [-0.25, -0.2) is 8.78 Å². The number of halogens is 3. The lowest BCUT2D eigenvalue weighted by atomic mass is 9.73. The number of fused-ring (bicyclic) bond motifs is 1. The number of amides is 1. The quantitative estimate of drug-likeness (QED) is 0.673. The van der Waals surface area contributed by atoms with Crippen LogP contribution >= 0.6 is 11.6 Å². The molecule has 160 valence electrons. The van der Waals surface area contributed by atoms with Gasteiger partial charge in [-0.05, 0) is 56.4 Å². The number of hydrogen-bond acceptors (Lipinski definition) is 4. The first kappa shape index (κ1) is 21.0. The largest absolute Gasteiger partial charge is 0.490 e. The molecule has 0 unspecified atom stereocenters. The molecule has 1 fully saturated rings. The third-order valence-corrected chi connectivity index (χ3v) is 6.26. The number of rotatable bonds is 4. The zero-order valence-corrected chi connectivity index (χ0v) is 16.9. The van der Waals surface area contributed by atoms with Crippen LogP contribution in [0.4, 0.5) is 14.5 Å². The number of aliphatic hydroxyl groups is 2. The van der Waals surface area contributed by atoms with Gasteiger partial charge in [-0.15, -0.1) is 0 Å². The molecule has 1 aliphatic carbocycles. The van der Waals surface area contributed by atoms with Crippen LogP contribution in [0.2, 0.25) is 5.02 Å². The lowest BCUT2D eigenvalue weighted by Crippen LogP contribution is -2.45. The molecule has 2 aromatic rings. The van der Waals surface area contributed by atoms with E-state index in [1.54, 1.807) is 0 Å². The van der Waals surface area contributed by atoms with Gasteiger partial charge in [-0.2, -0.15) is 0 Å². The maximum atomic E-state index is 14.3. The molecule has 1 saturated carbocycles. The lowest BCUT2D eigenvalue weighted by molar-refractivity contribution is -0.116. The molecule has 3 N–H and O–H groups in total. The van der Waals surface area contributed by atoms with Crippen LogP contribution in [0.25, 0.3) is 0 Å². The van der Waals surface area contributed by atoms with Crippen LogP contribution in [-0.4, -0.2) is 28.3 Å². The standard InChI is InChI=1S/C22H22ClF2NO4/c23-13-1-3-15(17(25)11-13)22(29)9-7-21(28,8-10-22)12-30-18-5-4-16(24)20-14(18)2-6-19(27)26-20/h1,3-5,11,28-29H,2,6-10,12H2,(H,26,27)/t21-,22-. The molecule has 8 heteroatoms. The zero-order valence-electron chi connectivity index (χ0n) is 16.2. The van der Waals surface area contributed by atoms with Crippen LogP contribution in [0, 0.1) is 11.6 Å². The van der Waals surface area contributed by atoms with E-state index < -0.39 is 22.8 Å². The van der Waals surface area contributed by atoms with E-state index in [1.165, 1.54) is 24.3 Å². The fourth-order valence-corrected chi connectivity index (χ4v) is 4.34. The SMILES string of the molecule is O=C1CCc2c(OC[C@]3(O)CC[C@@](O)(c4ccc(Cl)cc4F)CC3)ccc(F)c2N1. The Labute approximate surface area is 177 Å². The molecule has 0 radical (unpaired) electrons. The van der Waals surface area contributed by atoms with Crippen molar-refractivity contribution in [2.45, 2.75) is 49.7 Å². The van der Waals surface area contributed by atoms with Gasteiger partial charge >= 0.3 is 0 Å². The minimum atomic E-state index is -1.39. The number of ether oxygens (including phenoxy) is 1. The first-order valence-electron chi connectivity index (χ1n) is 9.83. The molecule has 0 atom stereocenters. The maximum Gasteiger partial charge on any atom is 0.224 e. The first-order valence-corrected chi connectivity index (χ1v) is 10.2. The molecule has 0 aromatic heterocycles. The van der Waals surface area contributed by atoms with Crippen LogP contribution in [0.5, 0.6) is 5.75 Å². The van der Waals surface area contributed by atoms with Gasteiger partial charge in [0.2, 0.25) is 5.91 Å². The van der Waals surface area contributed by atoms with E-state index in [9.17, 15) is 23.8 Å². The number of anilines is 1. The second kappa shape index (κ2) is 7.80. The Morgan fingerprint density at radius 2 is 1.77 bits per heavy atom. The molecule has 0 saturated heterocycles. The molecule has 4 rings (SSSR count). The van der Waals surface area contributed by atoms with Gasteiger partial charge in [0.1, 0.15) is 24.0 Å². The smallest absolute Gasteiger partial charge is 0.224 e. The summed E-state index contributed by atoms with van der Waals surface area (Å²) in [5, 5.41) is 24.6. The van der Waals surface area contributed by atoms with Crippen molar-refractivity contribution in [2.75, 3.05) is 11.9 Å². The van der Waals surface area contributed by atoms with Crippen LogP contribution in [0.3, 0.4) is 0 Å². The van der Waals surface area contributed by atoms with Crippen molar-refractivity contribution in [3.63, 3.8) is 0 Å². The fraction of sp³-hybridized carbons (Fsp3) is 0.409. The van der Waals surface area contributed by atoms with Crippen molar-refractivity contribution in [3.8, 4) is 5.75 Å². The molecular weight excluding hydrogens is 416 g/mol. The fourth-order valence-electron chi connectivity index (χ4n) is 4.18. The highest BCUT2D eigenvalue weighted by molar-refractivity contribution is 6.30. The van der Waals surface area contributed by atoms with E-state index in [-0.39, 0.29) is 60.9 Å². The number of hydrogen-bond donors (Lipinski definition) is 3. The Balaban J connectivity index is 1.45. The molecule has 0 spiro atoms. The summed E-state index contributed by atoms with van der Waals surface area (Å²) < 4.78 is 34.1. The monoisotopic (exact) mass is 437 g/mol. The second-order valence-electron chi connectivity index (χ2n) is 8.12. The summed E-state index contributed by atoms with van der Waals surface area (Å²) >= 11 is 5.79. The van der Waals surface area contributed by atoms with Crippen LogP contribution in [-0.2, 0) is 16.8 Å². The Bertz CT molecular complexity index is 989. The Morgan fingerprint density at radius 3 is 2.47 bits per heavy atom. The van der Waals surface area contributed by atoms with E-state index >= 15 is 0 Å². The number of carbonyl (C=O) groups excluding carboxylic acids is 1. The van der Waals surface area contributed by atoms with Gasteiger partial charge in [0.15, 0.2) is 0 Å². The van der Waals surface area contributed by atoms with Gasteiger partial charge in [0.05, 0.1) is 16.9 Å². The van der Waals surface area contributed by atoms with Crippen molar-refractivity contribution in [2.24, 2.45) is 0 Å². The van der Waals surface area contributed by atoms with Gasteiger partial charge in [-0.1, -0.05) is 17.7 Å². The summed E-state index contributed by atoms with van der Waals surface area (Å²) in [5.74, 6) is -0.953. The van der Waals surface area contributed by atoms with Crippen molar-refractivity contribution >= 4 is 23.2 Å². The third kappa shape index (κ3) is 4.02. The van der Waals surface area contributed by atoms with E-state index in [1.807, 2.05) is 0 Å². The van der Waals surface area contributed by atoms with E-state index in [4.69, 9.17) is 16.3 Å². The average molecular weight is 438 g/mol. The summed E-state index contributed by atoms with van der Waals surface area (Å²) in [6.45, 7) is -0.0573. The Hall–Kier alpha value is -2.22. The highest BCUT2D eigenvalue weighted by atomic mass is 35.5. The number of carbonyl (C=O) groups is 1. The van der Waals surface area contributed by atoms with E-state index in [0.29, 0.717) is 17.7 Å². The molecule has 5 nitrogen and oxygen atoms in total. The zero-order chi connectivity index (χ0) is 21.5. The lowest BCUT2D eigenvalue weighted by Gasteiger charge is -2.41. The number of nitrogens with one attached hydrogen (secondary N) is 1. The molecule has 30 heavy (non-hydrogen) atoms. The Kier molecular flexibility index (Phi) is 5.46.